The SMILES string of the molecule is CNc1ccc(C(=O)N2CCCC2c2nc(N(C)C)no2)cn1. The van der Waals surface area contributed by atoms with E-state index in [1.165, 1.54) is 0 Å². The molecule has 0 spiro atoms. The van der Waals surface area contributed by atoms with E-state index in [1.807, 2.05) is 14.1 Å². The van der Waals surface area contributed by atoms with Gasteiger partial charge in [-0.2, -0.15) is 4.98 Å². The maximum atomic E-state index is 12.7. The average molecular weight is 316 g/mol. The zero-order valence-electron chi connectivity index (χ0n) is 13.5. The number of aromatic nitrogens is 3. The third-order valence-corrected chi connectivity index (χ3v) is 3.90. The molecule has 8 nitrogen and oxygen atoms in total. The number of carbonyl (C=O) groups excluding carboxylic acids is 1. The van der Waals surface area contributed by atoms with Crippen LogP contribution in [0.1, 0.15) is 35.1 Å². The zero-order valence-corrected chi connectivity index (χ0v) is 13.5. The van der Waals surface area contributed by atoms with Crippen molar-refractivity contribution in [1.29, 1.82) is 0 Å². The van der Waals surface area contributed by atoms with Gasteiger partial charge < -0.3 is 19.6 Å². The van der Waals surface area contributed by atoms with Gasteiger partial charge in [0.2, 0.25) is 0 Å². The summed E-state index contributed by atoms with van der Waals surface area (Å²) in [6, 6.07) is 3.39. The quantitative estimate of drug-likeness (QED) is 0.915. The highest BCUT2D eigenvalue weighted by Gasteiger charge is 2.34. The van der Waals surface area contributed by atoms with Crippen molar-refractivity contribution in [2.45, 2.75) is 18.9 Å². The molecule has 1 saturated heterocycles. The van der Waals surface area contributed by atoms with Gasteiger partial charge in [-0.25, -0.2) is 4.98 Å². The van der Waals surface area contributed by atoms with Crippen molar-refractivity contribution in [3.8, 4) is 0 Å². The smallest absolute Gasteiger partial charge is 0.265 e. The second-order valence-corrected chi connectivity index (χ2v) is 5.67. The van der Waals surface area contributed by atoms with Gasteiger partial charge in [-0.3, -0.25) is 4.79 Å². The molecule has 1 atom stereocenters. The summed E-state index contributed by atoms with van der Waals surface area (Å²) in [5, 5.41) is 6.87. The summed E-state index contributed by atoms with van der Waals surface area (Å²) in [7, 11) is 5.49. The van der Waals surface area contributed by atoms with Crippen LogP contribution < -0.4 is 10.2 Å². The molecule has 2 aromatic rings. The van der Waals surface area contributed by atoms with Crippen LogP contribution in [0.15, 0.2) is 22.9 Å². The Kier molecular flexibility index (Phi) is 4.14. The normalized spacial score (nSPS) is 17.3. The molecule has 1 aliphatic rings. The van der Waals surface area contributed by atoms with Crippen molar-refractivity contribution >= 4 is 17.7 Å². The Morgan fingerprint density at radius 1 is 1.43 bits per heavy atom. The lowest BCUT2D eigenvalue weighted by atomic mass is 10.2. The van der Waals surface area contributed by atoms with Crippen molar-refractivity contribution in [1.82, 2.24) is 20.0 Å². The minimum absolute atomic E-state index is 0.0627. The number of hydrogen-bond acceptors (Lipinski definition) is 7. The Balaban J connectivity index is 1.80. The first kappa shape index (κ1) is 15.3. The molecule has 3 rings (SSSR count). The highest BCUT2D eigenvalue weighted by molar-refractivity contribution is 5.94. The van der Waals surface area contributed by atoms with Crippen LogP contribution in [0.4, 0.5) is 11.8 Å². The van der Waals surface area contributed by atoms with E-state index in [2.05, 4.69) is 20.4 Å². The lowest BCUT2D eigenvalue weighted by Gasteiger charge is -2.21. The standard InChI is InChI=1S/C15H20N6O2/c1-16-12-7-6-10(9-17-12)14(22)21-8-4-5-11(21)13-18-15(19-23-13)20(2)3/h6-7,9,11H,4-5,8H2,1-3H3,(H,16,17). The third-order valence-electron chi connectivity index (χ3n) is 3.90. The minimum atomic E-state index is -0.173. The van der Waals surface area contributed by atoms with E-state index in [1.54, 1.807) is 35.2 Å². The fraction of sp³-hybridized carbons (Fsp3) is 0.467. The van der Waals surface area contributed by atoms with E-state index in [4.69, 9.17) is 4.52 Å². The van der Waals surface area contributed by atoms with E-state index < -0.39 is 0 Å². The van der Waals surface area contributed by atoms with Gasteiger partial charge in [0, 0.05) is 33.9 Å². The van der Waals surface area contributed by atoms with Crippen molar-refractivity contribution in [3.63, 3.8) is 0 Å². The predicted octanol–water partition coefficient (Wildman–Crippen LogP) is 1.55. The molecule has 1 fully saturated rings. The number of amides is 1. The molecule has 3 heterocycles. The third kappa shape index (κ3) is 2.96. The zero-order chi connectivity index (χ0) is 16.4. The lowest BCUT2D eigenvalue weighted by Crippen LogP contribution is -2.30. The van der Waals surface area contributed by atoms with Gasteiger partial charge in [0.1, 0.15) is 11.9 Å². The van der Waals surface area contributed by atoms with Crippen molar-refractivity contribution in [3.05, 3.63) is 29.8 Å². The molecular formula is C15H20N6O2. The first-order chi connectivity index (χ1) is 11.1. The Morgan fingerprint density at radius 2 is 2.26 bits per heavy atom. The highest BCUT2D eigenvalue weighted by Crippen LogP contribution is 2.32. The lowest BCUT2D eigenvalue weighted by molar-refractivity contribution is 0.0709. The van der Waals surface area contributed by atoms with Gasteiger partial charge >= 0.3 is 0 Å². The van der Waals surface area contributed by atoms with Gasteiger partial charge in [-0.05, 0) is 30.1 Å². The van der Waals surface area contributed by atoms with Crippen LogP contribution in [-0.4, -0.2) is 53.6 Å². The Hall–Kier alpha value is -2.64. The van der Waals surface area contributed by atoms with Crippen molar-refractivity contribution in [2.75, 3.05) is 37.9 Å². The van der Waals surface area contributed by atoms with Gasteiger partial charge in [-0.15, -0.1) is 0 Å². The molecule has 0 saturated carbocycles. The second-order valence-electron chi connectivity index (χ2n) is 5.67. The molecule has 0 radical (unpaired) electrons. The Bertz CT molecular complexity index is 682. The molecule has 2 aromatic heterocycles. The molecule has 8 heteroatoms. The number of carbonyl (C=O) groups is 1. The summed E-state index contributed by atoms with van der Waals surface area (Å²) in [5.41, 5.74) is 0.559. The van der Waals surface area contributed by atoms with Crippen LogP contribution >= 0.6 is 0 Å². The average Bonchev–Trinajstić information content (AvgIpc) is 3.22. The fourth-order valence-electron chi connectivity index (χ4n) is 2.64. The molecule has 0 aromatic carbocycles. The molecular weight excluding hydrogens is 296 g/mol. The van der Waals surface area contributed by atoms with Crippen LogP contribution in [-0.2, 0) is 0 Å². The van der Waals surface area contributed by atoms with E-state index >= 15 is 0 Å². The predicted molar refractivity (Wildman–Crippen MR) is 85.4 cm³/mol. The molecule has 1 aliphatic heterocycles. The second kappa shape index (κ2) is 6.23. The molecule has 1 N–H and O–H groups in total. The summed E-state index contributed by atoms with van der Waals surface area (Å²) in [5.74, 6) is 1.66. The summed E-state index contributed by atoms with van der Waals surface area (Å²) >= 11 is 0. The molecule has 0 aliphatic carbocycles. The van der Waals surface area contributed by atoms with Crippen molar-refractivity contribution < 1.29 is 9.32 Å². The summed E-state index contributed by atoms with van der Waals surface area (Å²) in [4.78, 5) is 24.9. The fourth-order valence-corrected chi connectivity index (χ4v) is 2.64. The number of rotatable bonds is 4. The van der Waals surface area contributed by atoms with E-state index in [0.29, 0.717) is 23.9 Å². The first-order valence-electron chi connectivity index (χ1n) is 7.56. The van der Waals surface area contributed by atoms with Crippen LogP contribution in [0.2, 0.25) is 0 Å². The summed E-state index contributed by atoms with van der Waals surface area (Å²) < 4.78 is 5.34. The van der Waals surface area contributed by atoms with Gasteiger partial charge in [-0.1, -0.05) is 0 Å². The molecule has 122 valence electrons. The summed E-state index contributed by atoms with van der Waals surface area (Å²) in [6.45, 7) is 0.678. The maximum Gasteiger partial charge on any atom is 0.265 e. The van der Waals surface area contributed by atoms with Crippen LogP contribution in [0, 0.1) is 0 Å². The van der Waals surface area contributed by atoms with Crippen LogP contribution in [0.5, 0.6) is 0 Å². The number of anilines is 2. The van der Waals surface area contributed by atoms with Crippen molar-refractivity contribution in [2.24, 2.45) is 0 Å². The van der Waals surface area contributed by atoms with Crippen LogP contribution in [0.25, 0.3) is 0 Å². The molecule has 0 bridgehead atoms. The van der Waals surface area contributed by atoms with Crippen LogP contribution in [0.3, 0.4) is 0 Å². The topological polar surface area (TPSA) is 87.4 Å². The highest BCUT2D eigenvalue weighted by atomic mass is 16.5. The van der Waals surface area contributed by atoms with E-state index in [9.17, 15) is 4.79 Å². The number of hydrogen-bond donors (Lipinski definition) is 1. The maximum absolute atomic E-state index is 12.7. The molecule has 23 heavy (non-hydrogen) atoms. The molecule has 1 amide bonds. The largest absolute Gasteiger partial charge is 0.373 e. The Morgan fingerprint density at radius 3 is 2.87 bits per heavy atom. The van der Waals surface area contributed by atoms with Gasteiger partial charge in [0.25, 0.3) is 17.7 Å². The molecule has 1 unspecified atom stereocenters. The number of pyridine rings is 1. The number of likely N-dealkylation sites (tertiary alicyclic amines) is 1. The Labute approximate surface area is 134 Å². The summed E-state index contributed by atoms with van der Waals surface area (Å²) in [6.07, 6.45) is 3.32. The first-order valence-corrected chi connectivity index (χ1v) is 7.56. The monoisotopic (exact) mass is 316 g/mol. The number of nitrogens with zero attached hydrogens (tertiary/aromatic N) is 5. The van der Waals surface area contributed by atoms with E-state index in [-0.39, 0.29) is 11.9 Å². The van der Waals surface area contributed by atoms with Gasteiger partial charge in [0.05, 0.1) is 5.56 Å². The number of nitrogens with one attached hydrogen (secondary N) is 1. The minimum Gasteiger partial charge on any atom is -0.373 e. The van der Waals surface area contributed by atoms with E-state index in [0.717, 1.165) is 18.7 Å². The van der Waals surface area contributed by atoms with Gasteiger partial charge in [0.15, 0.2) is 0 Å².